The highest BCUT2D eigenvalue weighted by molar-refractivity contribution is 6.31. The zero-order chi connectivity index (χ0) is 14.8. The lowest BCUT2D eigenvalue weighted by Gasteiger charge is -2.00. The van der Waals surface area contributed by atoms with Gasteiger partial charge in [-0.2, -0.15) is 4.98 Å². The van der Waals surface area contributed by atoms with Gasteiger partial charge in [0.1, 0.15) is 5.82 Å². The molecule has 0 aliphatic heterocycles. The molecule has 0 bridgehead atoms. The summed E-state index contributed by atoms with van der Waals surface area (Å²) in [4.78, 5) is 4.24. The lowest BCUT2D eigenvalue weighted by Crippen LogP contribution is -1.93. The zero-order valence-electron chi connectivity index (χ0n) is 10.9. The Labute approximate surface area is 125 Å². The molecular weight excluding hydrogens is 293 g/mol. The second-order valence-corrected chi connectivity index (χ2v) is 4.92. The molecule has 0 saturated carbocycles. The van der Waals surface area contributed by atoms with Gasteiger partial charge in [-0.1, -0.05) is 35.0 Å². The first kappa shape index (κ1) is 13.6. The number of benzene rings is 2. The summed E-state index contributed by atoms with van der Waals surface area (Å²) >= 11 is 6.09. The van der Waals surface area contributed by atoms with Crippen molar-refractivity contribution >= 4 is 17.3 Å². The van der Waals surface area contributed by atoms with Gasteiger partial charge in [0.15, 0.2) is 5.82 Å². The number of nitrogen functional groups attached to an aromatic ring is 1. The maximum atomic E-state index is 13.3. The third-order valence-corrected chi connectivity index (χ3v) is 3.39. The summed E-state index contributed by atoms with van der Waals surface area (Å²) in [5, 5.41) is 4.51. The van der Waals surface area contributed by atoms with Gasteiger partial charge in [-0.25, -0.2) is 4.39 Å². The summed E-state index contributed by atoms with van der Waals surface area (Å²) in [6, 6.07) is 11.4. The zero-order valence-corrected chi connectivity index (χ0v) is 11.6. The fourth-order valence-corrected chi connectivity index (χ4v) is 2.16. The van der Waals surface area contributed by atoms with Gasteiger partial charge >= 0.3 is 0 Å². The summed E-state index contributed by atoms with van der Waals surface area (Å²) in [5.41, 5.74) is 7.44. The minimum Gasteiger partial charge on any atom is -0.398 e. The van der Waals surface area contributed by atoms with Gasteiger partial charge in [0.2, 0.25) is 0 Å². The van der Waals surface area contributed by atoms with Crippen molar-refractivity contribution in [3.05, 3.63) is 64.7 Å². The quantitative estimate of drug-likeness (QED) is 0.749. The molecule has 106 valence electrons. The van der Waals surface area contributed by atoms with Crippen LogP contribution in [0.15, 0.2) is 47.0 Å². The highest BCUT2D eigenvalue weighted by atomic mass is 35.5. The molecule has 0 atom stereocenters. The van der Waals surface area contributed by atoms with E-state index in [1.807, 2.05) is 18.2 Å². The molecule has 0 amide bonds. The molecule has 2 aromatic carbocycles. The standard InChI is InChI=1S/C15H11ClFN3O/c16-12-4-2-1-3-9(12)7-14-19-15(21-20-14)11-8-10(17)5-6-13(11)18/h1-6,8H,7,18H2. The van der Waals surface area contributed by atoms with Crippen LogP contribution >= 0.6 is 11.6 Å². The molecule has 6 heteroatoms. The van der Waals surface area contributed by atoms with Crippen molar-refractivity contribution in [3.63, 3.8) is 0 Å². The van der Waals surface area contributed by atoms with E-state index in [1.54, 1.807) is 6.07 Å². The second-order valence-electron chi connectivity index (χ2n) is 4.52. The maximum Gasteiger partial charge on any atom is 0.260 e. The van der Waals surface area contributed by atoms with E-state index in [0.717, 1.165) is 5.56 Å². The van der Waals surface area contributed by atoms with Crippen LogP contribution in [-0.4, -0.2) is 10.1 Å². The number of hydrogen-bond acceptors (Lipinski definition) is 4. The number of nitrogens with zero attached hydrogens (tertiary/aromatic N) is 2. The predicted molar refractivity (Wildman–Crippen MR) is 78.4 cm³/mol. The summed E-state index contributed by atoms with van der Waals surface area (Å²) in [6.07, 6.45) is 0.429. The second kappa shape index (κ2) is 5.54. The molecule has 0 unspecified atom stereocenters. The van der Waals surface area contributed by atoms with Crippen molar-refractivity contribution in [2.45, 2.75) is 6.42 Å². The van der Waals surface area contributed by atoms with E-state index in [-0.39, 0.29) is 5.89 Å². The highest BCUT2D eigenvalue weighted by Crippen LogP contribution is 2.26. The molecule has 1 aromatic heterocycles. The number of aromatic nitrogens is 2. The lowest BCUT2D eigenvalue weighted by molar-refractivity contribution is 0.424. The van der Waals surface area contributed by atoms with Gasteiger partial charge < -0.3 is 10.3 Å². The third-order valence-electron chi connectivity index (χ3n) is 3.02. The summed E-state index contributed by atoms with van der Waals surface area (Å²) < 4.78 is 18.4. The number of halogens is 2. The fraction of sp³-hybridized carbons (Fsp3) is 0.0667. The molecular formula is C15H11ClFN3O. The third kappa shape index (κ3) is 2.87. The molecule has 0 aliphatic carbocycles. The lowest BCUT2D eigenvalue weighted by atomic mass is 10.1. The molecule has 21 heavy (non-hydrogen) atoms. The maximum absolute atomic E-state index is 13.3. The SMILES string of the molecule is Nc1ccc(F)cc1-c1nc(Cc2ccccc2Cl)no1. The number of rotatable bonds is 3. The van der Waals surface area contributed by atoms with E-state index in [1.165, 1.54) is 18.2 Å². The molecule has 0 radical (unpaired) electrons. The largest absolute Gasteiger partial charge is 0.398 e. The topological polar surface area (TPSA) is 64.9 Å². The first-order valence-electron chi connectivity index (χ1n) is 6.25. The number of anilines is 1. The molecule has 0 fully saturated rings. The van der Waals surface area contributed by atoms with Crippen LogP contribution in [0.5, 0.6) is 0 Å². The summed E-state index contributed by atoms with van der Waals surface area (Å²) in [5.74, 6) is 0.237. The van der Waals surface area contributed by atoms with Crippen LogP contribution in [0.3, 0.4) is 0 Å². The Morgan fingerprint density at radius 1 is 1.19 bits per heavy atom. The van der Waals surface area contributed by atoms with Crippen LogP contribution < -0.4 is 5.73 Å². The average molecular weight is 304 g/mol. The molecule has 0 aliphatic rings. The Kier molecular flexibility index (Phi) is 3.58. The monoisotopic (exact) mass is 303 g/mol. The Morgan fingerprint density at radius 3 is 2.81 bits per heavy atom. The van der Waals surface area contributed by atoms with E-state index in [2.05, 4.69) is 10.1 Å². The summed E-state index contributed by atoms with van der Waals surface area (Å²) in [6.45, 7) is 0. The van der Waals surface area contributed by atoms with Crippen molar-refractivity contribution in [1.29, 1.82) is 0 Å². The molecule has 1 heterocycles. The Bertz CT molecular complexity index is 788. The average Bonchev–Trinajstić information content (AvgIpc) is 2.92. The van der Waals surface area contributed by atoms with Gasteiger partial charge in [0.05, 0.1) is 5.56 Å². The predicted octanol–water partition coefficient (Wildman–Crippen LogP) is 3.70. The van der Waals surface area contributed by atoms with Crippen molar-refractivity contribution in [1.82, 2.24) is 10.1 Å². The van der Waals surface area contributed by atoms with Crippen LogP contribution in [-0.2, 0) is 6.42 Å². The fourth-order valence-electron chi connectivity index (χ4n) is 1.96. The highest BCUT2D eigenvalue weighted by Gasteiger charge is 2.13. The van der Waals surface area contributed by atoms with Crippen LogP contribution in [0.1, 0.15) is 11.4 Å². The summed E-state index contributed by atoms with van der Waals surface area (Å²) in [7, 11) is 0. The van der Waals surface area contributed by atoms with Crippen molar-refractivity contribution in [2.24, 2.45) is 0 Å². The Morgan fingerprint density at radius 2 is 2.00 bits per heavy atom. The smallest absolute Gasteiger partial charge is 0.260 e. The van der Waals surface area contributed by atoms with Gasteiger partial charge in [0.25, 0.3) is 5.89 Å². The first-order chi connectivity index (χ1) is 10.1. The molecule has 3 rings (SSSR count). The van der Waals surface area contributed by atoms with Crippen molar-refractivity contribution in [2.75, 3.05) is 5.73 Å². The molecule has 0 spiro atoms. The molecule has 0 saturated heterocycles. The minimum atomic E-state index is -0.412. The minimum absolute atomic E-state index is 0.189. The van der Waals surface area contributed by atoms with Crippen LogP contribution in [0, 0.1) is 5.82 Å². The molecule has 2 N–H and O–H groups in total. The number of hydrogen-bond donors (Lipinski definition) is 1. The van der Waals surface area contributed by atoms with E-state index in [4.69, 9.17) is 21.9 Å². The van der Waals surface area contributed by atoms with Crippen molar-refractivity contribution in [3.8, 4) is 11.5 Å². The van der Waals surface area contributed by atoms with E-state index in [9.17, 15) is 4.39 Å². The van der Waals surface area contributed by atoms with E-state index in [0.29, 0.717) is 28.5 Å². The Balaban J connectivity index is 1.90. The van der Waals surface area contributed by atoms with Gasteiger partial charge in [-0.15, -0.1) is 0 Å². The van der Waals surface area contributed by atoms with E-state index < -0.39 is 5.82 Å². The van der Waals surface area contributed by atoms with Gasteiger partial charge in [-0.3, -0.25) is 0 Å². The van der Waals surface area contributed by atoms with Gasteiger partial charge in [0, 0.05) is 17.1 Å². The van der Waals surface area contributed by atoms with Crippen LogP contribution in [0.2, 0.25) is 5.02 Å². The first-order valence-corrected chi connectivity index (χ1v) is 6.62. The molecule has 4 nitrogen and oxygen atoms in total. The van der Waals surface area contributed by atoms with Crippen molar-refractivity contribution < 1.29 is 8.91 Å². The van der Waals surface area contributed by atoms with Gasteiger partial charge in [-0.05, 0) is 29.8 Å². The van der Waals surface area contributed by atoms with Crippen LogP contribution in [0.25, 0.3) is 11.5 Å². The normalized spacial score (nSPS) is 10.8. The molecule has 3 aromatic rings. The number of nitrogens with two attached hydrogens (primary N) is 1. The van der Waals surface area contributed by atoms with E-state index >= 15 is 0 Å². The Hall–Kier alpha value is -2.40. The van der Waals surface area contributed by atoms with Crippen LogP contribution in [0.4, 0.5) is 10.1 Å².